The zero-order valence-corrected chi connectivity index (χ0v) is 20.9. The lowest BCUT2D eigenvalue weighted by atomic mass is 9.86. The molecule has 0 bridgehead atoms. The van der Waals surface area contributed by atoms with Gasteiger partial charge in [-0.2, -0.15) is 13.2 Å². The molecule has 10 heteroatoms. The average Bonchev–Trinajstić information content (AvgIpc) is 3.55. The van der Waals surface area contributed by atoms with Crippen LogP contribution in [0.2, 0.25) is 0 Å². The number of ether oxygens (including phenoxy) is 2. The zero-order chi connectivity index (χ0) is 26.6. The zero-order valence-electron chi connectivity index (χ0n) is 20.1. The van der Waals surface area contributed by atoms with Gasteiger partial charge in [0.1, 0.15) is 5.78 Å². The van der Waals surface area contributed by atoms with Gasteiger partial charge in [0, 0.05) is 7.85 Å². The van der Waals surface area contributed by atoms with Crippen LogP contribution in [-0.2, 0) is 32.8 Å². The Balaban J connectivity index is 0.00000336. The molecule has 0 unspecified atom stereocenters. The molecule has 0 amide bonds. The Bertz CT molecular complexity index is 1520. The highest BCUT2D eigenvalue weighted by Gasteiger charge is 2.50. The molecule has 0 atom stereocenters. The van der Waals surface area contributed by atoms with Gasteiger partial charge in [-0.05, 0) is 78.9 Å². The van der Waals surface area contributed by atoms with Gasteiger partial charge in [-0.25, -0.2) is 13.1 Å². The van der Waals surface area contributed by atoms with Gasteiger partial charge in [0.05, 0.1) is 15.9 Å². The molecule has 2 aliphatic rings. The van der Waals surface area contributed by atoms with Crippen LogP contribution in [0.1, 0.15) is 36.5 Å². The van der Waals surface area contributed by atoms with Gasteiger partial charge in [-0.15, -0.1) is 0 Å². The quantitative estimate of drug-likeness (QED) is 0.440. The number of carbonyl (C=O) groups is 1. The van der Waals surface area contributed by atoms with Gasteiger partial charge in [-0.1, -0.05) is 30.3 Å². The molecule has 37 heavy (non-hydrogen) atoms. The maximum absolute atomic E-state index is 13.8. The smallest absolute Gasteiger partial charge is 0.417 e. The molecule has 196 valence electrons. The van der Waals surface area contributed by atoms with Crippen molar-refractivity contribution < 1.29 is 37.3 Å². The summed E-state index contributed by atoms with van der Waals surface area (Å²) in [7, 11) is -3.26. The summed E-state index contributed by atoms with van der Waals surface area (Å²) in [5.41, 5.74) is 1.08. The van der Waals surface area contributed by atoms with Crippen LogP contribution in [0.15, 0.2) is 59.5 Å². The molecular weight excluding hydrogens is 507 g/mol. The van der Waals surface area contributed by atoms with E-state index in [1.54, 1.807) is 31.2 Å². The Labute approximate surface area is 213 Å². The standard InChI is InChI=1S/C27H24F3NO5S.H2/c1-16-3-4-17(12-25(32)26(9-10-26)19-6-7-22-23(14-19)36-15-35-22)11-20(16)18-5-8-24(37(33,34)31-2)21(13-18)27(28,29)30;/h3-8,11,13-14,31H,9-10,12,15H2,1-2H3;1H. The van der Waals surface area contributed by atoms with E-state index in [0.717, 1.165) is 24.7 Å². The monoisotopic (exact) mass is 533 g/mol. The topological polar surface area (TPSA) is 81.7 Å². The molecule has 6 nitrogen and oxygen atoms in total. The van der Waals surface area contributed by atoms with Crippen LogP contribution in [0, 0.1) is 6.92 Å². The minimum absolute atomic E-state index is 0. The second-order valence-electron chi connectivity index (χ2n) is 9.32. The van der Waals surface area contributed by atoms with Crippen LogP contribution in [0.3, 0.4) is 0 Å². The van der Waals surface area contributed by atoms with E-state index < -0.39 is 32.1 Å². The van der Waals surface area contributed by atoms with Crippen molar-refractivity contribution in [2.75, 3.05) is 13.8 Å². The summed E-state index contributed by atoms with van der Waals surface area (Å²) in [6.07, 6.45) is -3.35. The van der Waals surface area contributed by atoms with E-state index in [1.165, 1.54) is 6.07 Å². The highest BCUT2D eigenvalue weighted by molar-refractivity contribution is 7.89. The van der Waals surface area contributed by atoms with Crippen LogP contribution in [0.5, 0.6) is 11.5 Å². The molecule has 1 aliphatic heterocycles. The number of aryl methyl sites for hydroxylation is 1. The lowest BCUT2D eigenvalue weighted by Gasteiger charge is -2.17. The number of benzene rings is 3. The molecule has 0 saturated heterocycles. The van der Waals surface area contributed by atoms with Crippen molar-refractivity contribution in [3.63, 3.8) is 0 Å². The molecule has 5 rings (SSSR count). The molecule has 1 fully saturated rings. The van der Waals surface area contributed by atoms with Gasteiger partial charge in [-0.3, -0.25) is 4.79 Å². The molecule has 0 aromatic heterocycles. The van der Waals surface area contributed by atoms with Gasteiger partial charge in [0.15, 0.2) is 11.5 Å². The van der Waals surface area contributed by atoms with Crippen LogP contribution >= 0.6 is 0 Å². The number of ketones is 1. The summed E-state index contributed by atoms with van der Waals surface area (Å²) in [6, 6.07) is 13.9. The van der Waals surface area contributed by atoms with Gasteiger partial charge in [0.25, 0.3) is 0 Å². The number of sulfonamides is 1. The first kappa shape index (κ1) is 25.3. The Hall–Kier alpha value is -3.37. The number of rotatable bonds is 7. The second-order valence-corrected chi connectivity index (χ2v) is 11.2. The minimum atomic E-state index is -4.88. The molecule has 3 aromatic rings. The molecule has 0 spiro atoms. The number of alkyl halides is 3. The van der Waals surface area contributed by atoms with E-state index in [2.05, 4.69) is 0 Å². The van der Waals surface area contributed by atoms with Crippen LogP contribution in [0.4, 0.5) is 13.2 Å². The van der Waals surface area contributed by atoms with E-state index >= 15 is 0 Å². The fourth-order valence-corrected chi connectivity index (χ4v) is 5.69. The molecule has 3 aromatic carbocycles. The van der Waals surface area contributed by atoms with Crippen LogP contribution in [0.25, 0.3) is 11.1 Å². The Morgan fingerprint density at radius 3 is 2.43 bits per heavy atom. The average molecular weight is 534 g/mol. The highest BCUT2D eigenvalue weighted by Crippen LogP contribution is 2.51. The lowest BCUT2D eigenvalue weighted by molar-refractivity contribution is -0.139. The van der Waals surface area contributed by atoms with E-state index in [9.17, 15) is 26.4 Å². The van der Waals surface area contributed by atoms with Crippen molar-refractivity contribution in [3.8, 4) is 22.6 Å². The minimum Gasteiger partial charge on any atom is -0.454 e. The molecule has 1 aliphatic carbocycles. The molecule has 1 saturated carbocycles. The van der Waals surface area contributed by atoms with E-state index in [4.69, 9.17) is 9.47 Å². The van der Waals surface area contributed by atoms with Gasteiger partial charge < -0.3 is 9.47 Å². The third-order valence-electron chi connectivity index (χ3n) is 7.03. The number of hydrogen-bond acceptors (Lipinski definition) is 5. The fourth-order valence-electron chi connectivity index (χ4n) is 4.76. The van der Waals surface area contributed by atoms with Gasteiger partial charge >= 0.3 is 6.18 Å². The number of nitrogens with one attached hydrogen (secondary N) is 1. The summed E-state index contributed by atoms with van der Waals surface area (Å²) >= 11 is 0. The third-order valence-corrected chi connectivity index (χ3v) is 8.50. The van der Waals surface area contributed by atoms with Crippen molar-refractivity contribution in [1.82, 2.24) is 4.72 Å². The number of Topliss-reactive ketones (excluding diaryl/α,β-unsaturated/α-hetero) is 1. The SMILES string of the molecule is CNS(=O)(=O)c1ccc(-c2cc(CC(=O)C3(c4ccc5c(c4)OCO5)CC3)ccc2C)cc1C(F)(F)F.[HH]. The highest BCUT2D eigenvalue weighted by atomic mass is 32.2. The van der Waals surface area contributed by atoms with E-state index in [1.807, 2.05) is 16.9 Å². The summed E-state index contributed by atoms with van der Waals surface area (Å²) < 4.78 is 78.5. The maximum Gasteiger partial charge on any atom is 0.417 e. The molecule has 1 N–H and O–H groups in total. The fraction of sp³-hybridized carbons (Fsp3) is 0.296. The van der Waals surface area contributed by atoms with Gasteiger partial charge in [0.2, 0.25) is 16.8 Å². The first-order valence-corrected chi connectivity index (χ1v) is 13.1. The molecule has 0 radical (unpaired) electrons. The van der Waals surface area contributed by atoms with Crippen molar-refractivity contribution in [1.29, 1.82) is 0 Å². The van der Waals surface area contributed by atoms with Crippen molar-refractivity contribution in [2.45, 2.75) is 42.7 Å². The predicted molar refractivity (Wildman–Crippen MR) is 132 cm³/mol. The molecule has 1 heterocycles. The lowest BCUT2D eigenvalue weighted by Crippen LogP contribution is -2.23. The number of halogens is 3. The molecular formula is C27H26F3NO5S. The Morgan fingerprint density at radius 2 is 1.76 bits per heavy atom. The summed E-state index contributed by atoms with van der Waals surface area (Å²) in [5, 5.41) is 0. The summed E-state index contributed by atoms with van der Waals surface area (Å²) in [5.74, 6) is 1.27. The predicted octanol–water partition coefficient (Wildman–Crippen LogP) is 5.41. The van der Waals surface area contributed by atoms with Crippen molar-refractivity contribution in [3.05, 3.63) is 76.9 Å². The maximum atomic E-state index is 13.8. The van der Waals surface area contributed by atoms with Crippen LogP contribution < -0.4 is 14.2 Å². The van der Waals surface area contributed by atoms with Crippen LogP contribution in [-0.4, -0.2) is 28.0 Å². The van der Waals surface area contributed by atoms with Crippen molar-refractivity contribution >= 4 is 15.8 Å². The largest absolute Gasteiger partial charge is 0.454 e. The van der Waals surface area contributed by atoms with Crippen molar-refractivity contribution in [2.24, 2.45) is 0 Å². The normalized spacial score (nSPS) is 16.0. The number of carbonyl (C=O) groups excluding carboxylic acids is 1. The summed E-state index contributed by atoms with van der Waals surface area (Å²) in [4.78, 5) is 12.6. The second kappa shape index (κ2) is 8.88. The first-order valence-electron chi connectivity index (χ1n) is 11.6. The van der Waals surface area contributed by atoms with E-state index in [0.29, 0.717) is 41.0 Å². The number of hydrogen-bond donors (Lipinski definition) is 1. The third kappa shape index (κ3) is 4.59. The first-order chi connectivity index (χ1) is 17.4. The summed E-state index contributed by atoms with van der Waals surface area (Å²) in [6.45, 7) is 1.89. The van der Waals surface area contributed by atoms with E-state index in [-0.39, 0.29) is 26.0 Å². The Kier molecular flexibility index (Phi) is 6.07. The number of fused-ring (bicyclic) bond motifs is 1. The Morgan fingerprint density at radius 1 is 1.03 bits per heavy atom.